The fraction of sp³-hybridized carbons (Fsp3) is 0.545. The largest absolute Gasteiger partial charge is 0.345 e. The Bertz CT molecular complexity index is 407. The molecule has 2 heterocycles. The Morgan fingerprint density at radius 2 is 2.29 bits per heavy atom. The van der Waals surface area contributed by atoms with E-state index in [1.54, 1.807) is 0 Å². The molecule has 0 saturated carbocycles. The molecule has 1 fully saturated rings. The number of rotatable bonds is 1. The number of nitrogens with one attached hydrogen (secondary N) is 1. The lowest BCUT2D eigenvalue weighted by Crippen LogP contribution is -2.51. The molecule has 0 unspecified atom stereocenters. The number of amides is 1. The minimum Gasteiger partial charge on any atom is -0.345 e. The molecule has 1 N–H and O–H groups in total. The van der Waals surface area contributed by atoms with Crippen LogP contribution < -0.4 is 5.32 Å². The van der Waals surface area contributed by atoms with Gasteiger partial charge in [-0.25, -0.2) is 0 Å². The van der Waals surface area contributed by atoms with Crippen LogP contribution in [0.2, 0.25) is 0 Å². The van der Waals surface area contributed by atoms with E-state index in [1.165, 1.54) is 0 Å². The Hall–Kier alpha value is -0.520. The summed E-state index contributed by atoms with van der Waals surface area (Å²) in [7, 11) is 1.89. The Labute approximate surface area is 116 Å². The van der Waals surface area contributed by atoms with Gasteiger partial charge in [0.25, 0.3) is 5.91 Å². The van der Waals surface area contributed by atoms with E-state index in [0.717, 1.165) is 29.8 Å². The van der Waals surface area contributed by atoms with Crippen LogP contribution in [-0.4, -0.2) is 41.1 Å². The van der Waals surface area contributed by atoms with Crippen LogP contribution in [0.1, 0.15) is 17.4 Å². The van der Waals surface area contributed by atoms with Crippen LogP contribution in [-0.2, 0) is 7.05 Å². The van der Waals surface area contributed by atoms with Crippen LogP contribution in [0.4, 0.5) is 0 Å². The van der Waals surface area contributed by atoms with E-state index in [2.05, 4.69) is 28.2 Å². The quantitative estimate of drug-likeness (QED) is 0.853. The van der Waals surface area contributed by atoms with Gasteiger partial charge in [0, 0.05) is 43.4 Å². The first kappa shape index (κ1) is 14.5. The zero-order valence-electron chi connectivity index (χ0n) is 9.94. The van der Waals surface area contributed by atoms with Crippen molar-refractivity contribution < 1.29 is 4.79 Å². The van der Waals surface area contributed by atoms with E-state index >= 15 is 0 Å². The molecule has 0 spiro atoms. The molecule has 4 nitrogen and oxygen atoms in total. The average molecular weight is 323 g/mol. The summed E-state index contributed by atoms with van der Waals surface area (Å²) < 4.78 is 2.81. The first-order chi connectivity index (χ1) is 7.58. The molecular formula is C11H17BrClN3O. The summed E-state index contributed by atoms with van der Waals surface area (Å²) in [6, 6.07) is 2.25. The third kappa shape index (κ3) is 3.24. The topological polar surface area (TPSA) is 37.3 Å². The van der Waals surface area contributed by atoms with Crippen molar-refractivity contribution in [3.05, 3.63) is 22.4 Å². The van der Waals surface area contributed by atoms with Crippen LogP contribution in [0.3, 0.4) is 0 Å². The van der Waals surface area contributed by atoms with Crippen molar-refractivity contribution in [2.75, 3.05) is 19.6 Å². The van der Waals surface area contributed by atoms with Crippen molar-refractivity contribution in [1.82, 2.24) is 14.8 Å². The molecule has 1 saturated heterocycles. The second-order valence-electron chi connectivity index (χ2n) is 4.26. The van der Waals surface area contributed by atoms with Gasteiger partial charge in [0.05, 0.1) is 0 Å². The van der Waals surface area contributed by atoms with E-state index < -0.39 is 0 Å². The molecule has 1 aliphatic rings. The number of halogens is 2. The van der Waals surface area contributed by atoms with Gasteiger partial charge in [-0.05, 0) is 28.9 Å². The van der Waals surface area contributed by atoms with Crippen molar-refractivity contribution in [1.29, 1.82) is 0 Å². The summed E-state index contributed by atoms with van der Waals surface area (Å²) in [6.45, 7) is 4.53. The summed E-state index contributed by atoms with van der Waals surface area (Å²) in [6.07, 6.45) is 1.90. The smallest absolute Gasteiger partial charge is 0.270 e. The lowest BCUT2D eigenvalue weighted by atomic mass is 10.2. The van der Waals surface area contributed by atoms with Gasteiger partial charge in [-0.2, -0.15) is 0 Å². The van der Waals surface area contributed by atoms with Crippen LogP contribution >= 0.6 is 28.3 Å². The minimum atomic E-state index is 0. The normalized spacial score (nSPS) is 19.9. The molecule has 1 aliphatic heterocycles. The van der Waals surface area contributed by atoms with Crippen molar-refractivity contribution in [2.24, 2.45) is 7.05 Å². The van der Waals surface area contributed by atoms with E-state index in [9.17, 15) is 4.79 Å². The fourth-order valence-electron chi connectivity index (χ4n) is 2.02. The van der Waals surface area contributed by atoms with Crippen LogP contribution in [0.5, 0.6) is 0 Å². The van der Waals surface area contributed by atoms with Gasteiger partial charge < -0.3 is 14.8 Å². The van der Waals surface area contributed by atoms with Crippen LogP contribution in [0.25, 0.3) is 0 Å². The summed E-state index contributed by atoms with van der Waals surface area (Å²) in [5, 5.41) is 3.33. The summed E-state index contributed by atoms with van der Waals surface area (Å²) in [4.78, 5) is 14.1. The Kier molecular flexibility index (Phi) is 5.04. The van der Waals surface area contributed by atoms with Gasteiger partial charge in [0.2, 0.25) is 0 Å². The third-order valence-electron chi connectivity index (χ3n) is 2.85. The lowest BCUT2D eigenvalue weighted by molar-refractivity contribution is 0.0699. The van der Waals surface area contributed by atoms with Crippen molar-refractivity contribution >= 4 is 34.2 Å². The molecule has 1 atom stereocenters. The average Bonchev–Trinajstić information content (AvgIpc) is 2.57. The number of carbonyl (C=O) groups is 1. The fourth-order valence-corrected chi connectivity index (χ4v) is 2.54. The van der Waals surface area contributed by atoms with Gasteiger partial charge in [0.1, 0.15) is 5.69 Å². The first-order valence-corrected chi connectivity index (χ1v) is 6.22. The summed E-state index contributed by atoms with van der Waals surface area (Å²) in [5.41, 5.74) is 0.737. The lowest BCUT2D eigenvalue weighted by Gasteiger charge is -2.31. The number of piperazine rings is 1. The summed E-state index contributed by atoms with van der Waals surface area (Å²) in [5.74, 6) is 0.113. The molecule has 2 rings (SSSR count). The SMILES string of the molecule is C[C@@H]1CN(C(=O)c2cc(Br)cn2C)CCN1.Cl. The molecule has 0 radical (unpaired) electrons. The Morgan fingerprint density at radius 1 is 1.59 bits per heavy atom. The monoisotopic (exact) mass is 321 g/mol. The van der Waals surface area contributed by atoms with E-state index in [4.69, 9.17) is 0 Å². The van der Waals surface area contributed by atoms with Gasteiger partial charge in [-0.1, -0.05) is 0 Å². The number of carbonyl (C=O) groups excluding carboxylic acids is 1. The first-order valence-electron chi connectivity index (χ1n) is 5.42. The maximum absolute atomic E-state index is 12.2. The minimum absolute atomic E-state index is 0. The third-order valence-corrected chi connectivity index (χ3v) is 3.28. The molecule has 17 heavy (non-hydrogen) atoms. The van der Waals surface area contributed by atoms with Gasteiger partial charge in [-0.15, -0.1) is 12.4 Å². The number of nitrogens with zero attached hydrogens (tertiary/aromatic N) is 2. The Morgan fingerprint density at radius 3 is 2.82 bits per heavy atom. The highest BCUT2D eigenvalue weighted by Gasteiger charge is 2.23. The standard InChI is InChI=1S/C11H16BrN3O.ClH/c1-8-6-15(4-3-13-8)11(16)10-5-9(12)7-14(10)2;/h5,7-8,13H,3-4,6H2,1-2H3;1H/t8-;/m1./s1. The van der Waals surface area contributed by atoms with E-state index in [1.807, 2.05) is 28.8 Å². The zero-order chi connectivity index (χ0) is 11.7. The number of hydrogen-bond acceptors (Lipinski definition) is 2. The van der Waals surface area contributed by atoms with Crippen LogP contribution in [0.15, 0.2) is 16.7 Å². The van der Waals surface area contributed by atoms with Gasteiger partial charge >= 0.3 is 0 Å². The predicted octanol–water partition coefficient (Wildman–Crippen LogP) is 1.64. The van der Waals surface area contributed by atoms with Crippen LogP contribution in [0, 0.1) is 0 Å². The molecule has 6 heteroatoms. The van der Waals surface area contributed by atoms with Gasteiger partial charge in [0.15, 0.2) is 0 Å². The molecule has 1 aromatic rings. The molecule has 1 aromatic heterocycles. The van der Waals surface area contributed by atoms with Gasteiger partial charge in [-0.3, -0.25) is 4.79 Å². The number of hydrogen-bond donors (Lipinski definition) is 1. The second kappa shape index (κ2) is 5.89. The highest BCUT2D eigenvalue weighted by atomic mass is 79.9. The maximum atomic E-state index is 12.2. The predicted molar refractivity (Wildman–Crippen MR) is 73.7 cm³/mol. The van der Waals surface area contributed by atoms with E-state index in [0.29, 0.717) is 6.04 Å². The Balaban J connectivity index is 0.00000144. The molecular weight excluding hydrogens is 305 g/mol. The number of aryl methyl sites for hydroxylation is 1. The molecule has 0 aromatic carbocycles. The molecule has 0 bridgehead atoms. The summed E-state index contributed by atoms with van der Waals surface area (Å²) >= 11 is 3.38. The van der Waals surface area contributed by atoms with Crippen molar-refractivity contribution in [3.8, 4) is 0 Å². The maximum Gasteiger partial charge on any atom is 0.270 e. The zero-order valence-corrected chi connectivity index (χ0v) is 12.3. The van der Waals surface area contributed by atoms with E-state index in [-0.39, 0.29) is 18.3 Å². The van der Waals surface area contributed by atoms with Crippen molar-refractivity contribution in [2.45, 2.75) is 13.0 Å². The molecule has 1 amide bonds. The molecule has 0 aliphatic carbocycles. The molecule has 96 valence electrons. The van der Waals surface area contributed by atoms with Crippen molar-refractivity contribution in [3.63, 3.8) is 0 Å². The number of aromatic nitrogens is 1. The highest BCUT2D eigenvalue weighted by molar-refractivity contribution is 9.10. The highest BCUT2D eigenvalue weighted by Crippen LogP contribution is 2.16. The second-order valence-corrected chi connectivity index (χ2v) is 5.18.